The molecule has 0 unspecified atom stereocenters. The minimum Gasteiger partial charge on any atom is -0.340 e. The molecular weight excluding hydrogens is 292 g/mol. The van der Waals surface area contributed by atoms with Crippen molar-refractivity contribution in [1.82, 2.24) is 20.8 Å². The van der Waals surface area contributed by atoms with Crippen LogP contribution < -0.4 is 10.6 Å². The Balaban J connectivity index is 1.63. The summed E-state index contributed by atoms with van der Waals surface area (Å²) in [5, 5.41) is 9.94. The molecule has 0 aliphatic heterocycles. The van der Waals surface area contributed by atoms with Gasteiger partial charge in [-0.25, -0.2) is 4.79 Å². The monoisotopic (exact) mass is 314 g/mol. The van der Waals surface area contributed by atoms with Crippen LogP contribution in [-0.2, 0) is 12.8 Å². The molecule has 1 aromatic carbocycles. The van der Waals surface area contributed by atoms with Crippen LogP contribution in [0.1, 0.15) is 49.2 Å². The van der Waals surface area contributed by atoms with Crippen molar-refractivity contribution in [2.75, 3.05) is 0 Å². The number of nitrogens with one attached hydrogen (secondary N) is 2. The number of benzene rings is 1. The van der Waals surface area contributed by atoms with Gasteiger partial charge in [-0.1, -0.05) is 36.3 Å². The molecule has 2 N–H and O–H groups in total. The highest BCUT2D eigenvalue weighted by Crippen LogP contribution is 2.29. The van der Waals surface area contributed by atoms with Gasteiger partial charge in [-0.2, -0.15) is 4.98 Å². The van der Waals surface area contributed by atoms with E-state index in [2.05, 4.69) is 39.8 Å². The number of fused-ring (bicyclic) bond motifs is 1. The van der Waals surface area contributed by atoms with E-state index in [9.17, 15) is 4.79 Å². The molecule has 3 rings (SSSR count). The number of amides is 2. The van der Waals surface area contributed by atoms with Gasteiger partial charge >= 0.3 is 6.03 Å². The van der Waals surface area contributed by atoms with E-state index in [-0.39, 0.29) is 17.6 Å². The van der Waals surface area contributed by atoms with Crippen molar-refractivity contribution in [3.63, 3.8) is 0 Å². The van der Waals surface area contributed by atoms with Gasteiger partial charge < -0.3 is 15.2 Å². The number of aromatic nitrogens is 2. The van der Waals surface area contributed by atoms with Crippen LogP contribution >= 0.6 is 0 Å². The zero-order chi connectivity index (χ0) is 16.4. The van der Waals surface area contributed by atoms with Gasteiger partial charge in [-0.05, 0) is 37.3 Å². The maximum absolute atomic E-state index is 12.4. The molecule has 2 amide bonds. The first kappa shape index (κ1) is 15.5. The zero-order valence-corrected chi connectivity index (χ0v) is 13.7. The first-order valence-corrected chi connectivity index (χ1v) is 7.95. The Bertz CT molecular complexity index is 685. The molecule has 0 spiro atoms. The molecule has 1 atom stereocenters. The summed E-state index contributed by atoms with van der Waals surface area (Å²) in [6.07, 6.45) is 2.38. The van der Waals surface area contributed by atoms with Crippen LogP contribution in [0.4, 0.5) is 4.79 Å². The van der Waals surface area contributed by atoms with E-state index >= 15 is 0 Å². The van der Waals surface area contributed by atoms with Crippen LogP contribution in [0.5, 0.6) is 0 Å². The Morgan fingerprint density at radius 2 is 2.00 bits per heavy atom. The van der Waals surface area contributed by atoms with Gasteiger partial charge in [0.15, 0.2) is 5.82 Å². The molecule has 6 nitrogen and oxygen atoms in total. The third kappa shape index (κ3) is 3.36. The highest BCUT2D eigenvalue weighted by molar-refractivity contribution is 5.75. The Hall–Kier alpha value is -2.37. The lowest BCUT2D eigenvalue weighted by Gasteiger charge is -2.26. The number of carbonyl (C=O) groups is 1. The normalized spacial score (nSPS) is 16.7. The Morgan fingerprint density at radius 1 is 1.35 bits per heavy atom. The number of hydrogen-bond donors (Lipinski definition) is 2. The standard InChI is InChI=1S/C17H22N4O2/c1-4-14(15-18-11(2)23-21-15)19-16(22)20-17(3)9-12-7-5-6-8-13(12)10-17/h5-8,14H,4,9-10H2,1-3H3,(H2,19,20,22)/t14-/m0/s1. The van der Waals surface area contributed by atoms with E-state index in [0.717, 1.165) is 12.8 Å². The quantitative estimate of drug-likeness (QED) is 0.909. The van der Waals surface area contributed by atoms with E-state index in [1.54, 1.807) is 6.92 Å². The lowest BCUT2D eigenvalue weighted by molar-refractivity contribution is 0.223. The van der Waals surface area contributed by atoms with Crippen molar-refractivity contribution >= 4 is 6.03 Å². The number of nitrogens with zero attached hydrogens (tertiary/aromatic N) is 2. The molecule has 0 bridgehead atoms. The van der Waals surface area contributed by atoms with E-state index < -0.39 is 0 Å². The fourth-order valence-corrected chi connectivity index (χ4v) is 3.17. The van der Waals surface area contributed by atoms with Crippen molar-refractivity contribution in [2.45, 2.75) is 51.6 Å². The SMILES string of the molecule is CC[C@H](NC(=O)NC1(C)Cc2ccccc2C1)c1noc(C)n1. The molecule has 1 aromatic heterocycles. The molecule has 6 heteroatoms. The van der Waals surface area contributed by atoms with Gasteiger partial charge in [0.25, 0.3) is 0 Å². The van der Waals surface area contributed by atoms with Gasteiger partial charge in [-0.3, -0.25) is 0 Å². The van der Waals surface area contributed by atoms with E-state index in [1.807, 2.05) is 19.1 Å². The molecule has 1 aliphatic carbocycles. The van der Waals surface area contributed by atoms with Gasteiger partial charge in [0.1, 0.15) is 0 Å². The second-order valence-corrected chi connectivity index (χ2v) is 6.41. The van der Waals surface area contributed by atoms with Crippen molar-refractivity contribution < 1.29 is 9.32 Å². The Kier molecular flexibility index (Phi) is 4.07. The van der Waals surface area contributed by atoms with E-state index in [4.69, 9.17) is 4.52 Å². The van der Waals surface area contributed by atoms with E-state index in [0.29, 0.717) is 18.1 Å². The predicted octanol–water partition coefficient (Wildman–Crippen LogP) is 2.69. The molecular formula is C17H22N4O2. The molecule has 2 aromatic rings. The van der Waals surface area contributed by atoms with Gasteiger partial charge in [0.2, 0.25) is 5.89 Å². The maximum atomic E-state index is 12.4. The van der Waals surface area contributed by atoms with Crippen molar-refractivity contribution in [3.8, 4) is 0 Å². The first-order chi connectivity index (χ1) is 11.0. The van der Waals surface area contributed by atoms with Crippen molar-refractivity contribution in [2.24, 2.45) is 0 Å². The van der Waals surface area contributed by atoms with Crippen LogP contribution in [0.15, 0.2) is 28.8 Å². The minimum absolute atomic E-state index is 0.199. The second kappa shape index (κ2) is 6.02. The summed E-state index contributed by atoms with van der Waals surface area (Å²) in [7, 11) is 0. The summed E-state index contributed by atoms with van der Waals surface area (Å²) in [5.74, 6) is 1.01. The van der Waals surface area contributed by atoms with Crippen molar-refractivity contribution in [3.05, 3.63) is 47.1 Å². The minimum atomic E-state index is -0.265. The molecule has 0 saturated carbocycles. The van der Waals surface area contributed by atoms with Crippen LogP contribution in [-0.4, -0.2) is 21.7 Å². The van der Waals surface area contributed by atoms with Crippen LogP contribution in [0, 0.1) is 6.92 Å². The number of carbonyl (C=O) groups excluding carboxylic acids is 1. The number of urea groups is 1. The fourth-order valence-electron chi connectivity index (χ4n) is 3.17. The second-order valence-electron chi connectivity index (χ2n) is 6.41. The highest BCUT2D eigenvalue weighted by Gasteiger charge is 2.34. The first-order valence-electron chi connectivity index (χ1n) is 7.95. The topological polar surface area (TPSA) is 80.0 Å². The van der Waals surface area contributed by atoms with Crippen LogP contribution in [0.2, 0.25) is 0 Å². The molecule has 0 fully saturated rings. The predicted molar refractivity (Wildman–Crippen MR) is 86.0 cm³/mol. The average Bonchev–Trinajstić information content (AvgIpc) is 3.06. The third-order valence-corrected chi connectivity index (χ3v) is 4.26. The van der Waals surface area contributed by atoms with E-state index in [1.165, 1.54) is 11.1 Å². The molecule has 1 aliphatic rings. The molecule has 23 heavy (non-hydrogen) atoms. The lowest BCUT2D eigenvalue weighted by atomic mass is 9.99. The maximum Gasteiger partial charge on any atom is 0.315 e. The Morgan fingerprint density at radius 3 is 2.52 bits per heavy atom. The highest BCUT2D eigenvalue weighted by atomic mass is 16.5. The third-order valence-electron chi connectivity index (χ3n) is 4.26. The molecule has 0 saturated heterocycles. The van der Waals surface area contributed by atoms with Crippen LogP contribution in [0.3, 0.4) is 0 Å². The Labute approximate surface area is 135 Å². The summed E-state index contributed by atoms with van der Waals surface area (Å²) in [6, 6.07) is 7.87. The van der Waals surface area contributed by atoms with Crippen molar-refractivity contribution in [1.29, 1.82) is 0 Å². The summed E-state index contributed by atoms with van der Waals surface area (Å²) in [6.45, 7) is 5.79. The number of hydrogen-bond acceptors (Lipinski definition) is 4. The molecule has 1 heterocycles. The summed E-state index contributed by atoms with van der Waals surface area (Å²) >= 11 is 0. The lowest BCUT2D eigenvalue weighted by Crippen LogP contribution is -2.51. The van der Waals surface area contributed by atoms with Gasteiger partial charge in [0, 0.05) is 12.5 Å². The number of rotatable bonds is 4. The summed E-state index contributed by atoms with van der Waals surface area (Å²) < 4.78 is 4.99. The molecule has 0 radical (unpaired) electrons. The van der Waals surface area contributed by atoms with Crippen LogP contribution in [0.25, 0.3) is 0 Å². The molecule has 122 valence electrons. The van der Waals surface area contributed by atoms with Gasteiger partial charge in [-0.15, -0.1) is 0 Å². The fraction of sp³-hybridized carbons (Fsp3) is 0.471. The zero-order valence-electron chi connectivity index (χ0n) is 13.7. The summed E-state index contributed by atoms with van der Waals surface area (Å²) in [5.41, 5.74) is 2.34. The smallest absolute Gasteiger partial charge is 0.315 e. The summed E-state index contributed by atoms with van der Waals surface area (Å²) in [4.78, 5) is 16.6. The number of aryl methyl sites for hydroxylation is 1. The average molecular weight is 314 g/mol. The van der Waals surface area contributed by atoms with Gasteiger partial charge in [0.05, 0.1) is 6.04 Å². The largest absolute Gasteiger partial charge is 0.340 e.